The lowest BCUT2D eigenvalue weighted by Gasteiger charge is -2.38. The summed E-state index contributed by atoms with van der Waals surface area (Å²) in [6.45, 7) is 8.87. The zero-order chi connectivity index (χ0) is 45.2. The molecule has 9 aromatic rings. The zero-order valence-electron chi connectivity index (χ0n) is 37.8. The van der Waals surface area contributed by atoms with Gasteiger partial charge in [-0.05, 0) is 128 Å². The molecular weight excluding hydrogens is 838 g/mol. The highest BCUT2D eigenvalue weighted by Gasteiger charge is 2.51. The molecule has 322 valence electrons. The number of ether oxygens (including phenoxy) is 6. The average Bonchev–Trinajstić information content (AvgIpc) is 3.72. The van der Waals surface area contributed by atoms with Crippen molar-refractivity contribution >= 4 is 46.2 Å². The van der Waals surface area contributed by atoms with Crippen LogP contribution in [0.3, 0.4) is 0 Å². The lowest BCUT2D eigenvalue weighted by Crippen LogP contribution is -2.61. The Balaban J connectivity index is 0.895. The van der Waals surface area contributed by atoms with Crippen molar-refractivity contribution in [3.05, 3.63) is 192 Å². The Morgan fingerprint density at radius 1 is 0.338 bits per heavy atom. The van der Waals surface area contributed by atoms with Crippen molar-refractivity contribution in [2.24, 2.45) is 0 Å². The van der Waals surface area contributed by atoms with Crippen LogP contribution in [-0.4, -0.2) is 13.4 Å². The molecule has 4 heterocycles. The third-order valence-electron chi connectivity index (χ3n) is 15.3. The summed E-state index contributed by atoms with van der Waals surface area (Å²) in [5, 5.41) is 0. The Hall–Kier alpha value is -8.09. The van der Waals surface area contributed by atoms with Crippen molar-refractivity contribution in [2.45, 2.75) is 38.5 Å². The van der Waals surface area contributed by atoms with Crippen molar-refractivity contribution in [3.8, 4) is 91.2 Å². The maximum Gasteiger partial charge on any atom is 0.260 e. The molecule has 68 heavy (non-hydrogen) atoms. The second kappa shape index (κ2) is 13.3. The summed E-state index contributed by atoms with van der Waals surface area (Å²) >= 11 is 0. The van der Waals surface area contributed by atoms with Crippen molar-refractivity contribution in [1.29, 1.82) is 0 Å². The molecule has 0 atom stereocenters. The molecule has 4 aliphatic heterocycles. The topological polar surface area (TPSA) is 55.4 Å². The Kier molecular flexibility index (Phi) is 7.44. The third kappa shape index (κ3) is 5.09. The molecule has 6 nitrogen and oxygen atoms in total. The van der Waals surface area contributed by atoms with Gasteiger partial charge in [0.2, 0.25) is 0 Å². The Bertz CT molecular complexity index is 3470. The fraction of sp³-hybridized carbons (Fsp3) is 0.100. The summed E-state index contributed by atoms with van der Waals surface area (Å²) in [5.74, 6) is 9.77. The number of para-hydroxylation sites is 4. The van der Waals surface area contributed by atoms with Crippen LogP contribution in [0.15, 0.2) is 170 Å². The van der Waals surface area contributed by atoms with Gasteiger partial charge in [0.1, 0.15) is 69.0 Å². The van der Waals surface area contributed by atoms with Gasteiger partial charge in [0, 0.05) is 38.9 Å². The van der Waals surface area contributed by atoms with E-state index in [1.807, 2.05) is 60.7 Å². The van der Waals surface area contributed by atoms with E-state index in [0.29, 0.717) is 0 Å². The van der Waals surface area contributed by atoms with E-state index in [1.54, 1.807) is 0 Å². The van der Waals surface area contributed by atoms with Gasteiger partial charge in [0.15, 0.2) is 0 Å². The first-order chi connectivity index (χ1) is 33.2. The molecular formula is C60H40B2O6. The normalized spacial score (nSPS) is 15.4. The predicted octanol–water partition coefficient (Wildman–Crippen LogP) is 11.3. The predicted molar refractivity (Wildman–Crippen MR) is 270 cm³/mol. The molecule has 0 fully saturated rings. The monoisotopic (exact) mass is 878 g/mol. The van der Waals surface area contributed by atoms with Crippen LogP contribution in [0.2, 0.25) is 0 Å². The SMILES string of the molecule is CC1(C)c2cc(Oc3ccccc3)ccc2-c2cc3c4c(c21)Oc1ccccc1B4c1cc2c(cc1O3)Oc1cc3c(c4c1B2c1ccccc1O4)C(C)(C)c1cc(Oc2ccccc2)ccc1-3. The minimum absolute atomic E-state index is 0.155. The number of fused-ring (bicyclic) bond motifs is 16. The number of benzene rings is 9. The zero-order valence-corrected chi connectivity index (χ0v) is 37.8. The summed E-state index contributed by atoms with van der Waals surface area (Å²) in [5.41, 5.74) is 14.9. The minimum atomic E-state index is -0.401. The number of hydrogen-bond donors (Lipinski definition) is 0. The Labute approximate surface area is 394 Å². The first kappa shape index (κ1) is 38.1. The molecule has 0 unspecified atom stereocenters. The highest BCUT2D eigenvalue weighted by molar-refractivity contribution is 7.01. The van der Waals surface area contributed by atoms with E-state index in [4.69, 9.17) is 28.4 Å². The lowest BCUT2D eigenvalue weighted by atomic mass is 9.31. The second-order valence-electron chi connectivity index (χ2n) is 19.9. The summed E-state index contributed by atoms with van der Waals surface area (Å²) < 4.78 is 41.3. The average molecular weight is 879 g/mol. The van der Waals surface area contributed by atoms with Gasteiger partial charge >= 0.3 is 0 Å². The van der Waals surface area contributed by atoms with E-state index >= 15 is 0 Å². The van der Waals surface area contributed by atoms with Crippen molar-refractivity contribution in [2.75, 3.05) is 0 Å². The minimum Gasteiger partial charge on any atom is -0.458 e. The number of hydrogen-bond acceptors (Lipinski definition) is 6. The molecule has 0 bridgehead atoms. The lowest BCUT2D eigenvalue weighted by molar-refractivity contribution is 0.444. The van der Waals surface area contributed by atoms with E-state index in [1.165, 1.54) is 11.1 Å². The Morgan fingerprint density at radius 2 is 0.765 bits per heavy atom. The largest absolute Gasteiger partial charge is 0.458 e. The molecule has 6 aliphatic rings. The van der Waals surface area contributed by atoms with Gasteiger partial charge in [-0.2, -0.15) is 0 Å². The van der Waals surface area contributed by atoms with Gasteiger partial charge in [0.05, 0.1) is 0 Å². The van der Waals surface area contributed by atoms with E-state index in [2.05, 4.69) is 137 Å². The maximum atomic E-state index is 7.16. The summed E-state index contributed by atoms with van der Waals surface area (Å²) in [4.78, 5) is 0. The molecule has 0 N–H and O–H groups in total. The van der Waals surface area contributed by atoms with Crippen molar-refractivity contribution in [3.63, 3.8) is 0 Å². The quantitative estimate of drug-likeness (QED) is 0.164. The standard InChI is InChI=1S/C60H40B2O6/c1-59(2)41-27-35(63-33-15-7-5-8-16-33)23-25-37(41)39-29-51-55-57(53(39)59)67-47-21-13-11-19-43(47)61(55)45-31-46-50(32-49(45)65-51)66-52-30-40-38-26-24-36(64-34-17-9-6-10-18-34)28-42(38)60(3,4)54(40)58-56(52)62(46)44-20-12-14-22-48(44)68-58/h5-32H,1-4H3. The highest BCUT2D eigenvalue weighted by Crippen LogP contribution is 2.58. The van der Waals surface area contributed by atoms with E-state index in [0.717, 1.165) is 135 Å². The van der Waals surface area contributed by atoms with Crippen LogP contribution in [-0.2, 0) is 10.8 Å². The molecule has 8 heteroatoms. The van der Waals surface area contributed by atoms with E-state index < -0.39 is 10.8 Å². The molecule has 0 aromatic heterocycles. The molecule has 2 aliphatic carbocycles. The van der Waals surface area contributed by atoms with Crippen LogP contribution in [0.5, 0.6) is 69.0 Å². The van der Waals surface area contributed by atoms with Gasteiger partial charge in [-0.1, -0.05) is 119 Å². The second-order valence-corrected chi connectivity index (χ2v) is 19.9. The van der Waals surface area contributed by atoms with E-state index in [9.17, 15) is 0 Å². The van der Waals surface area contributed by atoms with Crippen LogP contribution < -0.4 is 61.2 Å². The summed E-state index contributed by atoms with van der Waals surface area (Å²) in [6.07, 6.45) is 0. The van der Waals surface area contributed by atoms with Crippen LogP contribution in [0, 0.1) is 0 Å². The van der Waals surface area contributed by atoms with Gasteiger partial charge in [0.25, 0.3) is 13.4 Å². The van der Waals surface area contributed by atoms with Crippen molar-refractivity contribution in [1.82, 2.24) is 0 Å². The van der Waals surface area contributed by atoms with E-state index in [-0.39, 0.29) is 13.4 Å². The van der Waals surface area contributed by atoms with Crippen LogP contribution in [0.4, 0.5) is 0 Å². The number of rotatable bonds is 4. The fourth-order valence-corrected chi connectivity index (χ4v) is 12.4. The first-order valence-electron chi connectivity index (χ1n) is 23.4. The summed E-state index contributed by atoms with van der Waals surface area (Å²) in [7, 11) is 0. The molecule has 0 saturated heterocycles. The molecule has 0 spiro atoms. The molecule has 0 saturated carbocycles. The molecule has 0 amide bonds. The molecule has 0 radical (unpaired) electrons. The smallest absolute Gasteiger partial charge is 0.260 e. The van der Waals surface area contributed by atoms with Crippen LogP contribution >= 0.6 is 0 Å². The fourth-order valence-electron chi connectivity index (χ4n) is 12.4. The molecule has 9 aromatic carbocycles. The first-order valence-corrected chi connectivity index (χ1v) is 23.4. The van der Waals surface area contributed by atoms with Crippen LogP contribution in [0.25, 0.3) is 22.3 Å². The Morgan fingerprint density at radius 3 is 1.22 bits per heavy atom. The summed E-state index contributed by atoms with van der Waals surface area (Å²) in [6, 6.07) is 58.7. The van der Waals surface area contributed by atoms with Gasteiger partial charge in [-0.25, -0.2) is 0 Å². The maximum absolute atomic E-state index is 7.16. The van der Waals surface area contributed by atoms with Gasteiger partial charge in [-0.15, -0.1) is 0 Å². The highest BCUT2D eigenvalue weighted by atomic mass is 16.5. The van der Waals surface area contributed by atoms with Crippen molar-refractivity contribution < 1.29 is 28.4 Å². The molecule has 15 rings (SSSR count). The van der Waals surface area contributed by atoms with Gasteiger partial charge < -0.3 is 28.4 Å². The van der Waals surface area contributed by atoms with Crippen LogP contribution in [0.1, 0.15) is 49.9 Å². The third-order valence-corrected chi connectivity index (χ3v) is 15.3. The van der Waals surface area contributed by atoms with Gasteiger partial charge in [-0.3, -0.25) is 0 Å².